The Kier molecular flexibility index (Phi) is 8.30. The van der Waals surface area contributed by atoms with Crippen LogP contribution < -0.4 is 14.8 Å². The van der Waals surface area contributed by atoms with Gasteiger partial charge in [-0.2, -0.15) is 0 Å². The standard InChI is InChI=1S/C23H19AsN4O13S2/c29-20-14-10-18(27-25-16-7-3-1-5-13(16)22(30)31)19(42(36,37)38)9-12(14)11-23(32,43(39,40)41)21(20)28-26-17-8-4-2-6-15(17)24(33,34)35/h1-11,21,29,32H,(H,30,31)(H2,33,34,35)(H,36,37,38)(H,39,40,41). The zero-order valence-electron chi connectivity index (χ0n) is 21.1. The van der Waals surface area contributed by atoms with Crippen LogP contribution in [0.3, 0.4) is 0 Å². The molecule has 3 aromatic carbocycles. The van der Waals surface area contributed by atoms with Crippen molar-refractivity contribution in [3.63, 3.8) is 0 Å². The Morgan fingerprint density at radius 3 is 2.02 bits per heavy atom. The van der Waals surface area contributed by atoms with Crippen LogP contribution in [0.25, 0.3) is 11.8 Å². The van der Waals surface area contributed by atoms with Crippen molar-refractivity contribution in [1.29, 1.82) is 0 Å². The zero-order chi connectivity index (χ0) is 32.0. The second-order valence-corrected chi connectivity index (χ2v) is 15.1. The summed E-state index contributed by atoms with van der Waals surface area (Å²) in [7, 11) is -10.8. The molecule has 43 heavy (non-hydrogen) atoms. The summed E-state index contributed by atoms with van der Waals surface area (Å²) in [5, 5.41) is 44.9. The predicted molar refractivity (Wildman–Crippen MR) is 145 cm³/mol. The van der Waals surface area contributed by atoms with Gasteiger partial charge < -0.3 is 5.11 Å². The van der Waals surface area contributed by atoms with Crippen LogP contribution in [0, 0.1) is 0 Å². The molecule has 7 N–H and O–H groups in total. The first-order chi connectivity index (χ1) is 19.8. The number of carbonyl (C=O) groups is 1. The van der Waals surface area contributed by atoms with Crippen molar-refractivity contribution in [1.82, 2.24) is 0 Å². The summed E-state index contributed by atoms with van der Waals surface area (Å²) in [4.78, 5) is 6.96. The molecule has 0 bridgehead atoms. The van der Waals surface area contributed by atoms with Crippen LogP contribution in [-0.4, -0.2) is 80.6 Å². The second-order valence-electron chi connectivity index (χ2n) is 8.81. The minimum absolute atomic E-state index is 0.230. The number of carboxylic acids is 1. The predicted octanol–water partition coefficient (Wildman–Crippen LogP) is -0.203. The summed E-state index contributed by atoms with van der Waals surface area (Å²) < 4.78 is 99.1. The van der Waals surface area contributed by atoms with E-state index >= 15 is 0 Å². The van der Waals surface area contributed by atoms with Gasteiger partial charge in [0.15, 0.2) is 0 Å². The molecule has 0 heterocycles. The van der Waals surface area contributed by atoms with E-state index in [2.05, 4.69) is 20.5 Å². The van der Waals surface area contributed by atoms with Gasteiger partial charge in [-0.1, -0.05) is 12.1 Å². The number of hydrogen-bond acceptors (Lipinski definition) is 12. The van der Waals surface area contributed by atoms with Gasteiger partial charge in [-0.25, -0.2) is 4.79 Å². The molecule has 226 valence electrons. The maximum atomic E-state index is 12.3. The average molecular weight is 698 g/mol. The van der Waals surface area contributed by atoms with Gasteiger partial charge in [-0.15, -0.1) is 0 Å². The Balaban J connectivity index is 2.00. The third-order valence-electron chi connectivity index (χ3n) is 5.99. The molecule has 3 aromatic rings. The molecule has 0 radical (unpaired) electrons. The van der Waals surface area contributed by atoms with Crippen LogP contribution in [0.1, 0.15) is 10.4 Å². The zero-order valence-corrected chi connectivity index (χ0v) is 24.6. The van der Waals surface area contributed by atoms with E-state index in [1.165, 1.54) is 36.4 Å². The van der Waals surface area contributed by atoms with Gasteiger partial charge in [0.1, 0.15) is 0 Å². The monoisotopic (exact) mass is 698 g/mol. The van der Waals surface area contributed by atoms with Gasteiger partial charge in [0.05, 0.1) is 5.56 Å². The molecule has 0 aliphatic heterocycles. The molecule has 0 saturated heterocycles. The topological polar surface area (TPSA) is 293 Å². The molecule has 2 unspecified atom stereocenters. The van der Waals surface area contributed by atoms with E-state index < -0.39 is 88.2 Å². The number of nitrogens with zero attached hydrogens (tertiary/aromatic N) is 4. The number of hydrogen-bond donors (Lipinski definition) is 7. The van der Waals surface area contributed by atoms with Crippen LogP contribution in [0.15, 0.2) is 86.0 Å². The summed E-state index contributed by atoms with van der Waals surface area (Å²) in [6, 6.07) is 8.89. The molecule has 0 saturated carbocycles. The van der Waals surface area contributed by atoms with Gasteiger partial charge in [0, 0.05) is 0 Å². The van der Waals surface area contributed by atoms with Crippen LogP contribution in [0.5, 0.6) is 0 Å². The normalized spacial score (nSPS) is 19.4. The number of azo groups is 2. The maximum absolute atomic E-state index is 12.3. The van der Waals surface area contributed by atoms with Crippen molar-refractivity contribution in [3.8, 4) is 0 Å². The molecule has 0 aromatic heterocycles. The van der Waals surface area contributed by atoms with E-state index in [0.717, 1.165) is 18.2 Å². The van der Waals surface area contributed by atoms with Crippen molar-refractivity contribution in [2.24, 2.45) is 20.5 Å². The summed E-state index contributed by atoms with van der Waals surface area (Å²) in [5.74, 6) is -2.53. The molecule has 0 spiro atoms. The number of aromatic carboxylic acids is 1. The van der Waals surface area contributed by atoms with Crippen LogP contribution in [0.4, 0.5) is 17.1 Å². The van der Waals surface area contributed by atoms with E-state index in [1.807, 2.05) is 0 Å². The molecule has 2 atom stereocenters. The molecule has 0 amide bonds. The number of fused-ring (bicyclic) bond motifs is 1. The van der Waals surface area contributed by atoms with Crippen molar-refractivity contribution in [2.75, 3.05) is 0 Å². The Hall–Kier alpha value is -4.07. The van der Waals surface area contributed by atoms with E-state index in [-0.39, 0.29) is 11.3 Å². The number of aliphatic hydroxyl groups excluding tert-OH is 1. The fraction of sp³-hybridized carbons (Fsp3) is 0.0870. The Bertz CT molecular complexity index is 2110. The van der Waals surface area contributed by atoms with E-state index in [1.54, 1.807) is 0 Å². The van der Waals surface area contributed by atoms with Crippen LogP contribution in [0.2, 0.25) is 0 Å². The van der Waals surface area contributed by atoms with Crippen LogP contribution >= 0.6 is 0 Å². The fourth-order valence-electron chi connectivity index (χ4n) is 3.97. The molecule has 1 aliphatic rings. The molecular formula is C23H19AsN4O13S2. The van der Waals surface area contributed by atoms with Crippen molar-refractivity contribution >= 4 is 73.6 Å². The number of carboxylic acid groups (broad SMARTS) is 1. The van der Waals surface area contributed by atoms with E-state index in [0.29, 0.717) is 12.1 Å². The molecule has 17 nitrogen and oxygen atoms in total. The molecule has 0 fully saturated rings. The first kappa shape index (κ1) is 31.9. The first-order valence-corrected chi connectivity index (χ1v) is 17.7. The quantitative estimate of drug-likeness (QED) is 0.0912. The summed E-state index contributed by atoms with van der Waals surface area (Å²) >= 11 is -5.61. The minimum atomic E-state index is -5.61. The molecule has 1 aliphatic carbocycles. The van der Waals surface area contributed by atoms with Gasteiger partial charge >= 0.3 is 205 Å². The average Bonchev–Trinajstić information content (AvgIpc) is 2.90. The third kappa shape index (κ3) is 6.33. The second kappa shape index (κ2) is 11.2. The van der Waals surface area contributed by atoms with Crippen LogP contribution in [-0.2, 0) is 24.0 Å². The molecule has 20 heteroatoms. The van der Waals surface area contributed by atoms with Crippen molar-refractivity contribution < 1.29 is 58.0 Å². The van der Waals surface area contributed by atoms with Gasteiger partial charge in [0.2, 0.25) is 0 Å². The summed E-state index contributed by atoms with van der Waals surface area (Å²) in [5.41, 5.74) is -1.69. The van der Waals surface area contributed by atoms with Gasteiger partial charge in [0.25, 0.3) is 0 Å². The van der Waals surface area contributed by atoms with Crippen molar-refractivity contribution in [2.45, 2.75) is 15.9 Å². The molecule has 4 rings (SSSR count). The van der Waals surface area contributed by atoms with Crippen molar-refractivity contribution in [3.05, 3.63) is 76.7 Å². The fourth-order valence-corrected chi connectivity index (χ4v) is 6.79. The number of benzene rings is 3. The molecular weight excluding hydrogens is 679 g/mol. The van der Waals surface area contributed by atoms with Gasteiger partial charge in [-0.3, -0.25) is 0 Å². The van der Waals surface area contributed by atoms with Gasteiger partial charge in [-0.05, 0) is 12.1 Å². The first-order valence-electron chi connectivity index (χ1n) is 11.4. The Morgan fingerprint density at radius 2 is 1.44 bits per heavy atom. The third-order valence-corrected chi connectivity index (χ3v) is 10.1. The summed E-state index contributed by atoms with van der Waals surface area (Å²) in [6.45, 7) is 0. The van der Waals surface area contributed by atoms with E-state index in [9.17, 15) is 58.0 Å². The Morgan fingerprint density at radius 1 is 0.860 bits per heavy atom. The SMILES string of the molecule is O=C(O)c1ccccc1N=Nc1cc2c(cc1S(=O)(=O)O)=CC(O)(S(=O)(=O)O)C(N=Nc1ccccc1[As](=O)(O)O)C=2O. The Labute approximate surface area is 244 Å². The summed E-state index contributed by atoms with van der Waals surface area (Å²) in [6.07, 6.45) is 0.398. The number of aliphatic hydroxyl groups is 2. The number of rotatable bonds is 8. The van der Waals surface area contributed by atoms with E-state index in [4.69, 9.17) is 0 Å².